The Balaban J connectivity index is 1.26. The van der Waals surface area contributed by atoms with Crippen LogP contribution in [0.15, 0.2) is 83.9 Å². The van der Waals surface area contributed by atoms with E-state index in [2.05, 4.69) is 4.98 Å². The van der Waals surface area contributed by atoms with E-state index in [1.807, 2.05) is 24.3 Å². The topological polar surface area (TPSA) is 96.6 Å². The maximum Gasteiger partial charge on any atom is 0.253 e. The first-order valence-electron chi connectivity index (χ1n) is 11.1. The van der Waals surface area contributed by atoms with Crippen molar-refractivity contribution in [1.29, 1.82) is 0 Å². The summed E-state index contributed by atoms with van der Waals surface area (Å²) in [5.74, 6) is 0.332. The van der Waals surface area contributed by atoms with Crippen molar-refractivity contribution in [3.63, 3.8) is 0 Å². The van der Waals surface area contributed by atoms with Gasteiger partial charge in [-0.3, -0.25) is 4.79 Å². The van der Waals surface area contributed by atoms with Gasteiger partial charge in [0.05, 0.1) is 4.90 Å². The van der Waals surface area contributed by atoms with Crippen molar-refractivity contribution in [1.82, 2.24) is 14.2 Å². The van der Waals surface area contributed by atoms with Gasteiger partial charge in [0, 0.05) is 48.5 Å². The minimum atomic E-state index is -3.67. The quantitative estimate of drug-likeness (QED) is 0.445. The largest absolute Gasteiger partial charge is 0.384 e. The average Bonchev–Trinajstić information content (AvgIpc) is 2.88. The number of sulfonamides is 1. The number of carbonyl (C=O) groups is 1. The Bertz CT molecular complexity index is 1500. The lowest BCUT2D eigenvalue weighted by Gasteiger charge is -2.34. The Kier molecular flexibility index (Phi) is 6.19. The van der Waals surface area contributed by atoms with Crippen molar-refractivity contribution in [2.24, 2.45) is 0 Å². The van der Waals surface area contributed by atoms with Crippen LogP contribution >= 0.6 is 11.6 Å². The van der Waals surface area contributed by atoms with Crippen molar-refractivity contribution >= 4 is 44.1 Å². The molecule has 5 rings (SSSR count). The number of nitrogen functional groups attached to an aromatic ring is 1. The molecule has 0 saturated carbocycles. The van der Waals surface area contributed by atoms with E-state index in [9.17, 15) is 13.2 Å². The maximum atomic E-state index is 13.2. The molecule has 0 radical (unpaired) electrons. The SMILES string of the molecule is Nc1ccc(-c2ccc(C(=O)N3CCN(S(=O)(=O)c4ccc5cc(Cl)ccc5c4)CC3)cc2)cn1. The van der Waals surface area contributed by atoms with Gasteiger partial charge in [-0.25, -0.2) is 13.4 Å². The van der Waals surface area contributed by atoms with Gasteiger partial charge in [-0.2, -0.15) is 4.31 Å². The number of amides is 1. The van der Waals surface area contributed by atoms with Crippen LogP contribution in [0.25, 0.3) is 21.9 Å². The van der Waals surface area contributed by atoms with Crippen molar-refractivity contribution in [2.75, 3.05) is 31.9 Å². The molecule has 0 aliphatic carbocycles. The third-order valence-corrected chi connectivity index (χ3v) is 8.32. The van der Waals surface area contributed by atoms with E-state index >= 15 is 0 Å². The number of nitrogens with two attached hydrogens (primary N) is 1. The van der Waals surface area contributed by atoms with Crippen molar-refractivity contribution < 1.29 is 13.2 Å². The second-order valence-corrected chi connectivity index (χ2v) is 10.8. The Morgan fingerprint density at radius 2 is 1.49 bits per heavy atom. The summed E-state index contributed by atoms with van der Waals surface area (Å²) >= 11 is 6.03. The fraction of sp³-hybridized carbons (Fsp3) is 0.154. The van der Waals surface area contributed by atoms with Crippen LogP contribution in [0, 0.1) is 0 Å². The number of anilines is 1. The molecule has 0 atom stereocenters. The number of hydrogen-bond acceptors (Lipinski definition) is 5. The summed E-state index contributed by atoms with van der Waals surface area (Å²) in [5.41, 5.74) is 8.04. The summed E-state index contributed by atoms with van der Waals surface area (Å²) in [7, 11) is -3.67. The molecule has 3 aromatic carbocycles. The normalized spacial score (nSPS) is 14.8. The predicted octanol–water partition coefficient (Wildman–Crippen LogP) is 4.28. The first-order chi connectivity index (χ1) is 16.8. The molecule has 4 aromatic rings. The number of piperazine rings is 1. The van der Waals surface area contributed by atoms with E-state index in [0.717, 1.165) is 21.9 Å². The molecule has 2 N–H and O–H groups in total. The molecule has 1 aliphatic heterocycles. The Morgan fingerprint density at radius 1 is 0.829 bits per heavy atom. The van der Waals surface area contributed by atoms with Crippen LogP contribution in [0.3, 0.4) is 0 Å². The third-order valence-electron chi connectivity index (χ3n) is 6.19. The molecular formula is C26H23ClN4O3S. The van der Waals surface area contributed by atoms with Gasteiger partial charge in [-0.05, 0) is 64.9 Å². The van der Waals surface area contributed by atoms with Crippen LogP contribution in [0.4, 0.5) is 5.82 Å². The summed E-state index contributed by atoms with van der Waals surface area (Å²) in [5, 5.41) is 2.29. The zero-order chi connectivity index (χ0) is 24.6. The number of hydrogen-bond donors (Lipinski definition) is 1. The van der Waals surface area contributed by atoms with Crippen molar-refractivity contribution in [2.45, 2.75) is 4.90 Å². The smallest absolute Gasteiger partial charge is 0.253 e. The van der Waals surface area contributed by atoms with Gasteiger partial charge in [0.15, 0.2) is 0 Å². The van der Waals surface area contributed by atoms with Gasteiger partial charge < -0.3 is 10.6 Å². The number of benzene rings is 3. The van der Waals surface area contributed by atoms with Gasteiger partial charge in [-0.15, -0.1) is 0 Å². The molecule has 0 spiro atoms. The van der Waals surface area contributed by atoms with E-state index in [1.165, 1.54) is 4.31 Å². The van der Waals surface area contributed by atoms with E-state index in [0.29, 0.717) is 29.5 Å². The minimum absolute atomic E-state index is 0.119. The zero-order valence-electron chi connectivity index (χ0n) is 18.8. The highest BCUT2D eigenvalue weighted by Gasteiger charge is 2.30. The lowest BCUT2D eigenvalue weighted by atomic mass is 10.0. The molecule has 0 bridgehead atoms. The summed E-state index contributed by atoms with van der Waals surface area (Å²) in [6.07, 6.45) is 1.69. The second-order valence-electron chi connectivity index (χ2n) is 8.40. The minimum Gasteiger partial charge on any atom is -0.384 e. The molecule has 1 aliphatic rings. The Labute approximate surface area is 208 Å². The molecule has 1 fully saturated rings. The summed E-state index contributed by atoms with van der Waals surface area (Å²) in [6.45, 7) is 1.12. The number of halogens is 1. The molecule has 1 amide bonds. The molecular weight excluding hydrogens is 484 g/mol. The maximum absolute atomic E-state index is 13.2. The summed E-state index contributed by atoms with van der Waals surface area (Å²) in [4.78, 5) is 19.0. The lowest BCUT2D eigenvalue weighted by molar-refractivity contribution is 0.0698. The Morgan fingerprint density at radius 3 is 2.17 bits per heavy atom. The van der Waals surface area contributed by atoms with Gasteiger partial charge in [-0.1, -0.05) is 35.9 Å². The third kappa shape index (κ3) is 4.73. The van der Waals surface area contributed by atoms with Crippen LogP contribution in [0.2, 0.25) is 5.02 Å². The van der Waals surface area contributed by atoms with Crippen molar-refractivity contribution in [3.05, 3.63) is 89.6 Å². The molecule has 1 saturated heterocycles. The number of aromatic nitrogens is 1. The van der Waals surface area contributed by atoms with Gasteiger partial charge in [0.2, 0.25) is 10.0 Å². The zero-order valence-corrected chi connectivity index (χ0v) is 20.3. The van der Waals surface area contributed by atoms with Crippen LogP contribution in [-0.4, -0.2) is 54.7 Å². The summed E-state index contributed by atoms with van der Waals surface area (Å²) in [6, 6.07) is 21.3. The lowest BCUT2D eigenvalue weighted by Crippen LogP contribution is -2.50. The highest BCUT2D eigenvalue weighted by molar-refractivity contribution is 7.89. The first kappa shape index (κ1) is 23.3. The van der Waals surface area contributed by atoms with Crippen LogP contribution in [0.1, 0.15) is 10.4 Å². The van der Waals surface area contributed by atoms with E-state index in [4.69, 9.17) is 17.3 Å². The number of fused-ring (bicyclic) bond motifs is 1. The van der Waals surface area contributed by atoms with Crippen molar-refractivity contribution in [3.8, 4) is 11.1 Å². The van der Waals surface area contributed by atoms with Gasteiger partial charge in [0.1, 0.15) is 5.82 Å². The number of carbonyl (C=O) groups excluding carboxylic acids is 1. The fourth-order valence-electron chi connectivity index (χ4n) is 4.20. The molecule has 2 heterocycles. The highest BCUT2D eigenvalue weighted by Crippen LogP contribution is 2.26. The molecule has 178 valence electrons. The average molecular weight is 507 g/mol. The molecule has 7 nitrogen and oxygen atoms in total. The van der Waals surface area contributed by atoms with Crippen LogP contribution < -0.4 is 5.73 Å². The van der Waals surface area contributed by atoms with Crippen LogP contribution in [0.5, 0.6) is 0 Å². The molecule has 1 aromatic heterocycles. The predicted molar refractivity (Wildman–Crippen MR) is 138 cm³/mol. The summed E-state index contributed by atoms with van der Waals surface area (Å²) < 4.78 is 27.9. The van der Waals surface area contributed by atoms with E-state index < -0.39 is 10.0 Å². The highest BCUT2D eigenvalue weighted by atomic mass is 35.5. The first-order valence-corrected chi connectivity index (χ1v) is 12.9. The number of nitrogens with zero attached hydrogens (tertiary/aromatic N) is 3. The molecule has 35 heavy (non-hydrogen) atoms. The molecule has 9 heteroatoms. The fourth-order valence-corrected chi connectivity index (χ4v) is 5.84. The van der Waals surface area contributed by atoms with E-state index in [1.54, 1.807) is 59.6 Å². The second kappa shape index (κ2) is 9.30. The Hall–Kier alpha value is -3.46. The monoisotopic (exact) mass is 506 g/mol. The number of rotatable bonds is 4. The van der Waals surface area contributed by atoms with Crippen LogP contribution in [-0.2, 0) is 10.0 Å². The standard InChI is InChI=1S/C26H23ClN4O3S/c27-23-8-5-21-16-24(9-6-20(21)15-23)35(33,34)31-13-11-30(12-14-31)26(32)19-3-1-18(2-4-19)22-7-10-25(28)29-17-22/h1-10,15-17H,11-14H2,(H2,28,29). The van der Waals surface area contributed by atoms with E-state index in [-0.39, 0.29) is 23.9 Å². The number of pyridine rings is 1. The van der Waals surface area contributed by atoms with Gasteiger partial charge in [0.25, 0.3) is 5.91 Å². The van der Waals surface area contributed by atoms with Gasteiger partial charge >= 0.3 is 0 Å². The molecule has 0 unspecified atom stereocenters.